The molecule has 6 heteroatoms. The lowest BCUT2D eigenvalue weighted by atomic mass is 10.1. The van der Waals surface area contributed by atoms with Crippen LogP contribution in [0.4, 0.5) is 0 Å². The number of likely N-dealkylation sites (tertiary alicyclic amines) is 1. The van der Waals surface area contributed by atoms with Crippen LogP contribution in [-0.4, -0.2) is 44.6 Å². The summed E-state index contributed by atoms with van der Waals surface area (Å²) in [5, 5.41) is 16.0. The topological polar surface area (TPSA) is 70.7 Å². The minimum absolute atomic E-state index is 0.00703. The highest BCUT2D eigenvalue weighted by Crippen LogP contribution is 2.14. The molecule has 1 aliphatic rings. The van der Waals surface area contributed by atoms with Gasteiger partial charge < -0.3 is 10.1 Å². The summed E-state index contributed by atoms with van der Waals surface area (Å²) in [6, 6.07) is 0. The first-order chi connectivity index (χ1) is 8.11. The van der Waals surface area contributed by atoms with Gasteiger partial charge in [-0.25, -0.2) is 0 Å². The maximum Gasteiger partial charge on any atom is 0.257 e. The molecule has 2 heterocycles. The van der Waals surface area contributed by atoms with E-state index < -0.39 is 0 Å². The van der Waals surface area contributed by atoms with Crippen molar-refractivity contribution in [3.05, 3.63) is 17.5 Å². The lowest BCUT2D eigenvalue weighted by molar-refractivity contribution is 0.0753. The van der Waals surface area contributed by atoms with E-state index in [2.05, 4.69) is 10.3 Å². The Morgan fingerprint density at radius 2 is 2.12 bits per heavy atom. The van der Waals surface area contributed by atoms with E-state index in [1.165, 1.54) is 0 Å². The SMILES string of the molecule is Cc1nn(C)cc1C(=O)N1CCC(=NO)CC1. The van der Waals surface area contributed by atoms with E-state index in [1.54, 1.807) is 22.8 Å². The summed E-state index contributed by atoms with van der Waals surface area (Å²) < 4.78 is 1.65. The van der Waals surface area contributed by atoms with Crippen LogP contribution in [-0.2, 0) is 7.05 Å². The van der Waals surface area contributed by atoms with Crippen LogP contribution in [0, 0.1) is 6.92 Å². The number of aromatic nitrogens is 2. The van der Waals surface area contributed by atoms with E-state index in [0.29, 0.717) is 31.5 Å². The lowest BCUT2D eigenvalue weighted by Gasteiger charge is -2.26. The fourth-order valence-electron chi connectivity index (χ4n) is 2.05. The second-order valence-corrected chi connectivity index (χ2v) is 4.26. The molecule has 0 aromatic carbocycles. The molecule has 0 unspecified atom stereocenters. The zero-order valence-electron chi connectivity index (χ0n) is 10.1. The van der Waals surface area contributed by atoms with Crippen LogP contribution in [0.15, 0.2) is 11.4 Å². The van der Waals surface area contributed by atoms with Crippen molar-refractivity contribution >= 4 is 11.6 Å². The number of hydrogen-bond donors (Lipinski definition) is 1. The van der Waals surface area contributed by atoms with Gasteiger partial charge in [0, 0.05) is 39.2 Å². The van der Waals surface area contributed by atoms with Crippen LogP contribution in [0.5, 0.6) is 0 Å². The summed E-state index contributed by atoms with van der Waals surface area (Å²) >= 11 is 0. The number of hydrogen-bond acceptors (Lipinski definition) is 4. The fraction of sp³-hybridized carbons (Fsp3) is 0.545. The van der Waals surface area contributed by atoms with Crippen molar-refractivity contribution in [2.24, 2.45) is 12.2 Å². The maximum absolute atomic E-state index is 12.2. The third kappa shape index (κ3) is 2.30. The Kier molecular flexibility index (Phi) is 3.12. The molecule has 0 radical (unpaired) electrons. The fourth-order valence-corrected chi connectivity index (χ4v) is 2.05. The number of rotatable bonds is 1. The highest BCUT2D eigenvalue weighted by Gasteiger charge is 2.23. The highest BCUT2D eigenvalue weighted by atomic mass is 16.4. The number of piperidine rings is 1. The van der Waals surface area contributed by atoms with Crippen LogP contribution >= 0.6 is 0 Å². The van der Waals surface area contributed by atoms with Gasteiger partial charge in [-0.3, -0.25) is 9.48 Å². The number of nitrogens with zero attached hydrogens (tertiary/aromatic N) is 4. The average Bonchev–Trinajstić information content (AvgIpc) is 2.68. The Morgan fingerprint density at radius 1 is 1.47 bits per heavy atom. The van der Waals surface area contributed by atoms with E-state index in [4.69, 9.17) is 5.21 Å². The molecule has 6 nitrogen and oxygen atoms in total. The monoisotopic (exact) mass is 236 g/mol. The molecule has 0 spiro atoms. The highest BCUT2D eigenvalue weighted by molar-refractivity contribution is 5.96. The first kappa shape index (κ1) is 11.6. The van der Waals surface area contributed by atoms with Crippen molar-refractivity contribution in [1.82, 2.24) is 14.7 Å². The minimum Gasteiger partial charge on any atom is -0.411 e. The molecule has 17 heavy (non-hydrogen) atoms. The molecule has 1 saturated heterocycles. The van der Waals surface area contributed by atoms with Gasteiger partial charge in [0.25, 0.3) is 5.91 Å². The molecule has 2 rings (SSSR count). The largest absolute Gasteiger partial charge is 0.411 e. The summed E-state index contributed by atoms with van der Waals surface area (Å²) in [5.74, 6) is 0.00703. The Bertz CT molecular complexity index is 454. The van der Waals surface area contributed by atoms with Crippen molar-refractivity contribution in [3.8, 4) is 0 Å². The molecular formula is C11H16N4O2. The predicted molar refractivity (Wildman–Crippen MR) is 62.3 cm³/mol. The van der Waals surface area contributed by atoms with Gasteiger partial charge in [-0.2, -0.15) is 5.10 Å². The van der Waals surface area contributed by atoms with Crippen molar-refractivity contribution in [2.75, 3.05) is 13.1 Å². The van der Waals surface area contributed by atoms with Crippen molar-refractivity contribution in [2.45, 2.75) is 19.8 Å². The summed E-state index contributed by atoms with van der Waals surface area (Å²) in [4.78, 5) is 14.0. The molecule has 1 N–H and O–H groups in total. The van der Waals surface area contributed by atoms with Crippen LogP contribution < -0.4 is 0 Å². The number of carbonyl (C=O) groups excluding carboxylic acids is 1. The zero-order chi connectivity index (χ0) is 12.4. The number of amides is 1. The van der Waals surface area contributed by atoms with Gasteiger partial charge in [-0.1, -0.05) is 5.16 Å². The van der Waals surface area contributed by atoms with Crippen molar-refractivity contribution in [3.63, 3.8) is 0 Å². The van der Waals surface area contributed by atoms with E-state index >= 15 is 0 Å². The summed E-state index contributed by atoms with van der Waals surface area (Å²) in [6.45, 7) is 3.04. The Balaban J connectivity index is 2.09. The third-order valence-corrected chi connectivity index (χ3v) is 3.01. The maximum atomic E-state index is 12.2. The molecule has 1 amide bonds. The standard InChI is InChI=1S/C11H16N4O2/c1-8-10(7-14(2)12-8)11(16)15-5-3-9(13-17)4-6-15/h7,17H,3-6H2,1-2H3. The summed E-state index contributed by atoms with van der Waals surface area (Å²) in [5.41, 5.74) is 2.16. The molecule has 0 saturated carbocycles. The number of carbonyl (C=O) groups is 1. The summed E-state index contributed by atoms with van der Waals surface area (Å²) in [6.07, 6.45) is 3.02. The first-order valence-electron chi connectivity index (χ1n) is 5.61. The predicted octanol–water partition coefficient (Wildman–Crippen LogP) is 0.795. The molecule has 1 aromatic heterocycles. The van der Waals surface area contributed by atoms with Gasteiger partial charge in [0.05, 0.1) is 17.0 Å². The minimum atomic E-state index is 0.00703. The van der Waals surface area contributed by atoms with Crippen molar-refractivity contribution in [1.29, 1.82) is 0 Å². The second kappa shape index (κ2) is 4.57. The van der Waals surface area contributed by atoms with E-state index in [0.717, 1.165) is 11.4 Å². The van der Waals surface area contributed by atoms with Crippen LogP contribution in [0.2, 0.25) is 0 Å². The Hall–Kier alpha value is -1.85. The molecule has 0 atom stereocenters. The zero-order valence-corrected chi connectivity index (χ0v) is 10.1. The van der Waals surface area contributed by atoms with Gasteiger partial charge in [0.1, 0.15) is 0 Å². The summed E-state index contributed by atoms with van der Waals surface area (Å²) in [7, 11) is 1.80. The molecule has 1 fully saturated rings. The lowest BCUT2D eigenvalue weighted by Crippen LogP contribution is -2.38. The third-order valence-electron chi connectivity index (χ3n) is 3.01. The van der Waals surface area contributed by atoms with Crippen LogP contribution in [0.3, 0.4) is 0 Å². The van der Waals surface area contributed by atoms with E-state index in [1.807, 2.05) is 6.92 Å². The van der Waals surface area contributed by atoms with Crippen LogP contribution in [0.25, 0.3) is 0 Å². The van der Waals surface area contributed by atoms with E-state index in [9.17, 15) is 4.79 Å². The van der Waals surface area contributed by atoms with Gasteiger partial charge in [-0.15, -0.1) is 0 Å². The second-order valence-electron chi connectivity index (χ2n) is 4.26. The number of oxime groups is 1. The van der Waals surface area contributed by atoms with Gasteiger partial charge in [0.15, 0.2) is 0 Å². The van der Waals surface area contributed by atoms with Gasteiger partial charge in [-0.05, 0) is 6.92 Å². The molecule has 1 aromatic rings. The molecule has 92 valence electrons. The number of aryl methyl sites for hydroxylation is 2. The smallest absolute Gasteiger partial charge is 0.257 e. The Labute approximate surface area is 99.5 Å². The van der Waals surface area contributed by atoms with E-state index in [-0.39, 0.29) is 5.91 Å². The Morgan fingerprint density at radius 3 is 2.59 bits per heavy atom. The average molecular weight is 236 g/mol. The molecule has 0 aliphatic carbocycles. The molecule has 1 aliphatic heterocycles. The molecular weight excluding hydrogens is 220 g/mol. The first-order valence-corrected chi connectivity index (χ1v) is 5.61. The van der Waals surface area contributed by atoms with Crippen molar-refractivity contribution < 1.29 is 10.0 Å². The van der Waals surface area contributed by atoms with Gasteiger partial charge in [0.2, 0.25) is 0 Å². The van der Waals surface area contributed by atoms with Crippen LogP contribution in [0.1, 0.15) is 28.9 Å². The molecule has 0 bridgehead atoms. The quantitative estimate of drug-likeness (QED) is 0.579. The normalized spacial score (nSPS) is 16.1. The van der Waals surface area contributed by atoms with Gasteiger partial charge >= 0.3 is 0 Å².